The second kappa shape index (κ2) is 7.21. The number of ether oxygens (including phenoxy) is 1. The average molecular weight is 326 g/mol. The van der Waals surface area contributed by atoms with E-state index in [9.17, 15) is 13.2 Å². The molecule has 1 aromatic rings. The summed E-state index contributed by atoms with van der Waals surface area (Å²) in [5.74, 6) is -0.338. The molecule has 1 saturated heterocycles. The van der Waals surface area contributed by atoms with Crippen molar-refractivity contribution in [2.45, 2.75) is 25.0 Å². The second-order valence-corrected chi connectivity index (χ2v) is 7.51. The molecular weight excluding hydrogens is 304 g/mol. The highest BCUT2D eigenvalue weighted by molar-refractivity contribution is 7.88. The van der Waals surface area contributed by atoms with Gasteiger partial charge in [0, 0.05) is 20.2 Å². The van der Waals surface area contributed by atoms with Gasteiger partial charge in [0.15, 0.2) is 0 Å². The molecule has 1 aliphatic heterocycles. The van der Waals surface area contributed by atoms with E-state index in [0.29, 0.717) is 18.7 Å². The quantitative estimate of drug-likeness (QED) is 0.843. The minimum absolute atomic E-state index is 0.0175. The molecular formula is C15H22N2O4S. The van der Waals surface area contributed by atoms with E-state index in [-0.39, 0.29) is 12.0 Å². The number of hydrogen-bond acceptors (Lipinski definition) is 4. The van der Waals surface area contributed by atoms with E-state index < -0.39 is 16.1 Å². The lowest BCUT2D eigenvalue weighted by Crippen LogP contribution is -2.43. The largest absolute Gasteiger partial charge is 0.376 e. The maximum atomic E-state index is 12.5. The van der Waals surface area contributed by atoms with Gasteiger partial charge in [-0.1, -0.05) is 30.3 Å². The Hall–Kier alpha value is -1.44. The third-order valence-corrected chi connectivity index (χ3v) is 5.04. The van der Waals surface area contributed by atoms with Gasteiger partial charge in [0.25, 0.3) is 0 Å². The highest BCUT2D eigenvalue weighted by Crippen LogP contribution is 2.22. The van der Waals surface area contributed by atoms with Crippen LogP contribution in [0.2, 0.25) is 0 Å². The molecule has 0 radical (unpaired) electrons. The number of carbonyl (C=O) groups is 1. The number of sulfonamides is 1. The van der Waals surface area contributed by atoms with E-state index in [1.165, 1.54) is 7.05 Å². The van der Waals surface area contributed by atoms with Crippen LogP contribution in [0.25, 0.3) is 0 Å². The van der Waals surface area contributed by atoms with Crippen molar-refractivity contribution in [2.75, 3.05) is 26.5 Å². The van der Waals surface area contributed by atoms with Crippen LogP contribution in [0, 0.1) is 0 Å². The molecule has 1 aromatic carbocycles. The molecule has 1 aliphatic rings. The van der Waals surface area contributed by atoms with Gasteiger partial charge < -0.3 is 10.1 Å². The summed E-state index contributed by atoms with van der Waals surface area (Å²) in [6.07, 6.45) is 3.02. The fourth-order valence-corrected chi connectivity index (χ4v) is 3.07. The lowest BCUT2D eigenvalue weighted by Gasteiger charge is -2.26. The van der Waals surface area contributed by atoms with Gasteiger partial charge in [-0.05, 0) is 18.4 Å². The maximum absolute atomic E-state index is 12.5. The van der Waals surface area contributed by atoms with Crippen molar-refractivity contribution in [2.24, 2.45) is 0 Å². The summed E-state index contributed by atoms with van der Waals surface area (Å²) in [6.45, 7) is 1.12. The minimum Gasteiger partial charge on any atom is -0.376 e. The molecule has 1 N–H and O–H groups in total. The lowest BCUT2D eigenvalue weighted by molar-refractivity contribution is -0.125. The number of nitrogens with zero attached hydrogens (tertiary/aromatic N) is 1. The highest BCUT2D eigenvalue weighted by Gasteiger charge is 2.31. The number of nitrogens with one attached hydrogen (secondary N) is 1. The first kappa shape index (κ1) is 16.9. The van der Waals surface area contributed by atoms with Crippen LogP contribution in [0.5, 0.6) is 0 Å². The Labute approximate surface area is 131 Å². The molecule has 1 amide bonds. The molecule has 7 heteroatoms. The van der Waals surface area contributed by atoms with Crippen molar-refractivity contribution in [3.05, 3.63) is 35.9 Å². The first-order valence-corrected chi connectivity index (χ1v) is 9.11. The van der Waals surface area contributed by atoms with Crippen LogP contribution in [0.3, 0.4) is 0 Å². The van der Waals surface area contributed by atoms with Gasteiger partial charge >= 0.3 is 0 Å². The Kier molecular flexibility index (Phi) is 5.55. The zero-order valence-electron chi connectivity index (χ0n) is 12.9. The van der Waals surface area contributed by atoms with Crippen molar-refractivity contribution >= 4 is 15.9 Å². The summed E-state index contributed by atoms with van der Waals surface area (Å²) in [4.78, 5) is 12.5. The van der Waals surface area contributed by atoms with Crippen LogP contribution in [0.1, 0.15) is 24.4 Å². The molecule has 0 bridgehead atoms. The van der Waals surface area contributed by atoms with Crippen LogP contribution >= 0.6 is 0 Å². The maximum Gasteiger partial charge on any atom is 0.243 e. The monoisotopic (exact) mass is 326 g/mol. The normalized spacial score (nSPS) is 20.0. The van der Waals surface area contributed by atoms with Crippen molar-refractivity contribution < 1.29 is 17.9 Å². The van der Waals surface area contributed by atoms with Gasteiger partial charge in [-0.2, -0.15) is 4.31 Å². The molecule has 1 fully saturated rings. The van der Waals surface area contributed by atoms with Crippen LogP contribution < -0.4 is 5.32 Å². The molecule has 0 aliphatic carbocycles. The molecule has 22 heavy (non-hydrogen) atoms. The average Bonchev–Trinajstić information content (AvgIpc) is 2.99. The summed E-state index contributed by atoms with van der Waals surface area (Å²) in [6, 6.07) is 8.01. The first-order valence-electron chi connectivity index (χ1n) is 7.27. The van der Waals surface area contributed by atoms with E-state index in [4.69, 9.17) is 4.74 Å². The van der Waals surface area contributed by atoms with Crippen LogP contribution in [-0.2, 0) is 19.6 Å². The van der Waals surface area contributed by atoms with E-state index in [1.807, 2.05) is 6.07 Å². The predicted molar refractivity (Wildman–Crippen MR) is 83.8 cm³/mol. The van der Waals surface area contributed by atoms with Gasteiger partial charge in [0.05, 0.1) is 12.4 Å². The molecule has 122 valence electrons. The number of hydrogen-bond donors (Lipinski definition) is 1. The van der Waals surface area contributed by atoms with E-state index in [2.05, 4.69) is 5.32 Å². The Morgan fingerprint density at radius 2 is 2.09 bits per heavy atom. The number of rotatable bonds is 6. The van der Waals surface area contributed by atoms with Crippen molar-refractivity contribution in [1.82, 2.24) is 9.62 Å². The number of likely N-dealkylation sites (N-methyl/N-ethyl adjacent to an activating group) is 1. The molecule has 2 atom stereocenters. The molecule has 6 nitrogen and oxygen atoms in total. The second-order valence-electron chi connectivity index (χ2n) is 5.47. The Morgan fingerprint density at radius 3 is 2.64 bits per heavy atom. The topological polar surface area (TPSA) is 75.7 Å². The number of carbonyl (C=O) groups excluding carboxylic acids is 1. The van der Waals surface area contributed by atoms with Crippen molar-refractivity contribution in [1.29, 1.82) is 0 Å². The smallest absolute Gasteiger partial charge is 0.243 e. The molecule has 2 rings (SSSR count). The summed E-state index contributed by atoms with van der Waals surface area (Å²) in [7, 11) is -2.08. The van der Waals surface area contributed by atoms with Gasteiger partial charge in [-0.25, -0.2) is 8.42 Å². The zero-order valence-corrected chi connectivity index (χ0v) is 13.7. The standard InChI is InChI=1S/C15H22N2O4S/c1-17(22(2,19)20)14(12-7-4-3-5-8-12)15(18)16-11-13-9-6-10-21-13/h3-5,7-8,13-14H,6,9-11H2,1-2H3,(H,16,18)/t13-,14-/m1/s1. The molecule has 0 spiro atoms. The molecule has 1 heterocycles. The number of amides is 1. The third-order valence-electron chi connectivity index (χ3n) is 3.78. The fourth-order valence-electron chi connectivity index (χ4n) is 2.47. The van der Waals surface area contributed by atoms with Crippen LogP contribution in [0.4, 0.5) is 0 Å². The van der Waals surface area contributed by atoms with Crippen LogP contribution in [0.15, 0.2) is 30.3 Å². The third kappa shape index (κ3) is 4.28. The first-order chi connectivity index (χ1) is 10.4. The van der Waals surface area contributed by atoms with Gasteiger partial charge in [-0.15, -0.1) is 0 Å². The fraction of sp³-hybridized carbons (Fsp3) is 0.533. The van der Waals surface area contributed by atoms with Gasteiger partial charge in [0.1, 0.15) is 6.04 Å². The van der Waals surface area contributed by atoms with Crippen molar-refractivity contribution in [3.8, 4) is 0 Å². The van der Waals surface area contributed by atoms with Gasteiger partial charge in [-0.3, -0.25) is 4.79 Å². The van der Waals surface area contributed by atoms with Gasteiger partial charge in [0.2, 0.25) is 15.9 Å². The minimum atomic E-state index is -3.49. The molecule has 0 aromatic heterocycles. The summed E-state index contributed by atoms with van der Waals surface area (Å²) >= 11 is 0. The SMILES string of the molecule is CN([C@@H](C(=O)NC[C@H]1CCCO1)c1ccccc1)S(C)(=O)=O. The van der Waals surface area contributed by atoms with E-state index in [0.717, 1.165) is 23.4 Å². The summed E-state index contributed by atoms with van der Waals surface area (Å²) < 4.78 is 30.2. The van der Waals surface area contributed by atoms with Crippen LogP contribution in [-0.4, -0.2) is 51.2 Å². The summed E-state index contributed by atoms with van der Waals surface area (Å²) in [5, 5.41) is 2.81. The Bertz CT molecular complexity index is 597. The van der Waals surface area contributed by atoms with Crippen molar-refractivity contribution in [3.63, 3.8) is 0 Å². The zero-order chi connectivity index (χ0) is 16.2. The lowest BCUT2D eigenvalue weighted by atomic mass is 10.1. The molecule has 0 saturated carbocycles. The molecule has 0 unspecified atom stereocenters. The Morgan fingerprint density at radius 1 is 1.41 bits per heavy atom. The Balaban J connectivity index is 2.14. The highest BCUT2D eigenvalue weighted by atomic mass is 32.2. The van der Waals surface area contributed by atoms with E-state index in [1.54, 1.807) is 24.3 Å². The summed E-state index contributed by atoms with van der Waals surface area (Å²) in [5.41, 5.74) is 0.639. The predicted octanol–water partition coefficient (Wildman–Crippen LogP) is 0.914. The number of benzene rings is 1. The van der Waals surface area contributed by atoms with E-state index >= 15 is 0 Å².